The van der Waals surface area contributed by atoms with Gasteiger partial charge in [-0.3, -0.25) is 0 Å². The van der Waals surface area contributed by atoms with Crippen LogP contribution < -0.4 is 10.2 Å². The SMILES string of the molecule is c1ccc(Nc2cc(N3CCCC3)nc(-c3ccccc3)n2)cc1. The number of rotatable bonds is 4. The van der Waals surface area contributed by atoms with Crippen LogP contribution >= 0.6 is 0 Å². The van der Waals surface area contributed by atoms with Crippen molar-refractivity contribution in [2.45, 2.75) is 12.8 Å². The normalized spacial score (nSPS) is 13.9. The smallest absolute Gasteiger partial charge is 0.163 e. The van der Waals surface area contributed by atoms with Crippen LogP contribution in [-0.4, -0.2) is 23.1 Å². The number of nitrogens with one attached hydrogen (secondary N) is 1. The Morgan fingerprint density at radius 2 is 1.46 bits per heavy atom. The van der Waals surface area contributed by atoms with Crippen molar-refractivity contribution in [3.8, 4) is 11.4 Å². The third-order valence-electron chi connectivity index (χ3n) is 4.22. The Balaban J connectivity index is 1.73. The highest BCUT2D eigenvalue weighted by molar-refractivity contribution is 5.65. The molecule has 3 aromatic rings. The summed E-state index contributed by atoms with van der Waals surface area (Å²) < 4.78 is 0. The summed E-state index contributed by atoms with van der Waals surface area (Å²) in [6.07, 6.45) is 2.46. The minimum atomic E-state index is 0.762. The summed E-state index contributed by atoms with van der Waals surface area (Å²) in [4.78, 5) is 11.9. The van der Waals surface area contributed by atoms with Gasteiger partial charge in [0.25, 0.3) is 0 Å². The number of hydrogen-bond acceptors (Lipinski definition) is 4. The lowest BCUT2D eigenvalue weighted by atomic mass is 10.2. The third-order valence-corrected chi connectivity index (χ3v) is 4.22. The first-order valence-electron chi connectivity index (χ1n) is 8.40. The zero-order chi connectivity index (χ0) is 16.2. The topological polar surface area (TPSA) is 41.0 Å². The number of benzene rings is 2. The Morgan fingerprint density at radius 3 is 2.17 bits per heavy atom. The summed E-state index contributed by atoms with van der Waals surface area (Å²) in [5, 5.41) is 3.40. The van der Waals surface area contributed by atoms with Gasteiger partial charge >= 0.3 is 0 Å². The molecule has 1 N–H and O–H groups in total. The second-order valence-corrected chi connectivity index (χ2v) is 5.99. The first-order chi connectivity index (χ1) is 11.9. The van der Waals surface area contributed by atoms with Crippen molar-refractivity contribution in [2.75, 3.05) is 23.3 Å². The molecule has 4 rings (SSSR count). The number of para-hydroxylation sites is 1. The van der Waals surface area contributed by atoms with E-state index in [1.807, 2.05) is 54.6 Å². The molecule has 0 amide bonds. The predicted octanol–water partition coefficient (Wildman–Crippen LogP) is 4.49. The van der Waals surface area contributed by atoms with Gasteiger partial charge in [-0.1, -0.05) is 48.5 Å². The zero-order valence-electron chi connectivity index (χ0n) is 13.5. The van der Waals surface area contributed by atoms with Gasteiger partial charge in [-0.05, 0) is 25.0 Å². The second-order valence-electron chi connectivity index (χ2n) is 5.99. The lowest BCUT2D eigenvalue weighted by molar-refractivity contribution is 0.931. The molecule has 4 heteroatoms. The van der Waals surface area contributed by atoms with Crippen molar-refractivity contribution < 1.29 is 0 Å². The molecule has 1 aliphatic rings. The molecule has 0 unspecified atom stereocenters. The molecule has 1 fully saturated rings. The Morgan fingerprint density at radius 1 is 0.792 bits per heavy atom. The summed E-state index contributed by atoms with van der Waals surface area (Å²) in [6, 6.07) is 22.3. The molecule has 0 radical (unpaired) electrons. The van der Waals surface area contributed by atoms with Gasteiger partial charge in [0.15, 0.2) is 5.82 Å². The maximum atomic E-state index is 4.80. The monoisotopic (exact) mass is 316 g/mol. The van der Waals surface area contributed by atoms with E-state index in [-0.39, 0.29) is 0 Å². The number of aromatic nitrogens is 2. The fourth-order valence-corrected chi connectivity index (χ4v) is 2.99. The first-order valence-corrected chi connectivity index (χ1v) is 8.40. The largest absolute Gasteiger partial charge is 0.356 e. The molecule has 1 saturated heterocycles. The molecule has 1 aromatic heterocycles. The van der Waals surface area contributed by atoms with Gasteiger partial charge in [-0.2, -0.15) is 0 Å². The summed E-state index contributed by atoms with van der Waals surface area (Å²) in [5.41, 5.74) is 2.07. The van der Waals surface area contributed by atoms with E-state index >= 15 is 0 Å². The van der Waals surface area contributed by atoms with Gasteiger partial charge in [0.1, 0.15) is 11.6 Å². The van der Waals surface area contributed by atoms with Crippen molar-refractivity contribution in [3.05, 3.63) is 66.7 Å². The van der Waals surface area contributed by atoms with Crippen molar-refractivity contribution in [2.24, 2.45) is 0 Å². The summed E-state index contributed by atoms with van der Waals surface area (Å²) >= 11 is 0. The van der Waals surface area contributed by atoms with Gasteiger partial charge in [-0.15, -0.1) is 0 Å². The van der Waals surface area contributed by atoms with E-state index in [2.05, 4.69) is 22.3 Å². The Kier molecular flexibility index (Phi) is 4.11. The van der Waals surface area contributed by atoms with E-state index in [9.17, 15) is 0 Å². The molecule has 2 aromatic carbocycles. The van der Waals surface area contributed by atoms with E-state index in [1.54, 1.807) is 0 Å². The quantitative estimate of drug-likeness (QED) is 0.770. The van der Waals surface area contributed by atoms with Crippen molar-refractivity contribution in [1.29, 1.82) is 0 Å². The molecule has 0 bridgehead atoms. The average Bonchev–Trinajstić information content (AvgIpc) is 3.18. The van der Waals surface area contributed by atoms with Crippen LogP contribution in [0.15, 0.2) is 66.7 Å². The van der Waals surface area contributed by atoms with Crippen LogP contribution in [0.1, 0.15) is 12.8 Å². The lowest BCUT2D eigenvalue weighted by Crippen LogP contribution is -2.19. The number of hydrogen-bond donors (Lipinski definition) is 1. The van der Waals surface area contributed by atoms with E-state index in [4.69, 9.17) is 9.97 Å². The molecular formula is C20H20N4. The zero-order valence-corrected chi connectivity index (χ0v) is 13.5. The van der Waals surface area contributed by atoms with E-state index in [0.717, 1.165) is 41.8 Å². The highest BCUT2D eigenvalue weighted by Crippen LogP contribution is 2.26. The van der Waals surface area contributed by atoms with Crippen LogP contribution in [0.2, 0.25) is 0 Å². The Hall–Kier alpha value is -2.88. The molecular weight excluding hydrogens is 296 g/mol. The van der Waals surface area contributed by atoms with Gasteiger partial charge < -0.3 is 10.2 Å². The van der Waals surface area contributed by atoms with Crippen LogP contribution in [-0.2, 0) is 0 Å². The van der Waals surface area contributed by atoms with Crippen LogP contribution in [0.5, 0.6) is 0 Å². The third kappa shape index (κ3) is 3.23. The Labute approximate surface area is 142 Å². The maximum absolute atomic E-state index is 4.80. The minimum Gasteiger partial charge on any atom is -0.356 e. The summed E-state index contributed by atoms with van der Waals surface area (Å²) in [6.45, 7) is 2.13. The molecule has 0 aliphatic carbocycles. The molecule has 24 heavy (non-hydrogen) atoms. The van der Waals surface area contributed by atoms with Gasteiger partial charge in [-0.25, -0.2) is 9.97 Å². The van der Waals surface area contributed by atoms with Gasteiger partial charge in [0, 0.05) is 30.4 Å². The molecule has 4 nitrogen and oxygen atoms in total. The number of nitrogens with zero attached hydrogens (tertiary/aromatic N) is 3. The minimum absolute atomic E-state index is 0.762. The summed E-state index contributed by atoms with van der Waals surface area (Å²) in [5.74, 6) is 2.59. The van der Waals surface area contributed by atoms with E-state index < -0.39 is 0 Å². The molecule has 0 spiro atoms. The number of anilines is 3. The van der Waals surface area contributed by atoms with Crippen molar-refractivity contribution >= 4 is 17.3 Å². The maximum Gasteiger partial charge on any atom is 0.163 e. The van der Waals surface area contributed by atoms with Crippen molar-refractivity contribution in [1.82, 2.24) is 9.97 Å². The summed E-state index contributed by atoms with van der Waals surface area (Å²) in [7, 11) is 0. The average molecular weight is 316 g/mol. The Bertz CT molecular complexity index is 796. The highest BCUT2D eigenvalue weighted by Gasteiger charge is 2.16. The first kappa shape index (κ1) is 14.7. The molecule has 0 atom stereocenters. The van der Waals surface area contributed by atoms with Crippen LogP contribution in [0, 0.1) is 0 Å². The molecule has 120 valence electrons. The molecule has 2 heterocycles. The van der Waals surface area contributed by atoms with Gasteiger partial charge in [0.2, 0.25) is 0 Å². The predicted molar refractivity (Wildman–Crippen MR) is 98.6 cm³/mol. The van der Waals surface area contributed by atoms with Crippen LogP contribution in [0.25, 0.3) is 11.4 Å². The van der Waals surface area contributed by atoms with Crippen molar-refractivity contribution in [3.63, 3.8) is 0 Å². The standard InChI is InChI=1S/C20H20N4/c1-3-9-16(10-4-1)20-22-18(21-17-11-5-2-6-12-17)15-19(23-20)24-13-7-8-14-24/h1-6,9-12,15H,7-8,13-14H2,(H,21,22,23). The molecule has 1 aliphatic heterocycles. The molecule has 0 saturated carbocycles. The highest BCUT2D eigenvalue weighted by atomic mass is 15.2. The fourth-order valence-electron chi connectivity index (χ4n) is 2.99. The van der Waals surface area contributed by atoms with E-state index in [0.29, 0.717) is 0 Å². The lowest BCUT2D eigenvalue weighted by Gasteiger charge is -2.18. The van der Waals surface area contributed by atoms with Crippen LogP contribution in [0.3, 0.4) is 0 Å². The fraction of sp³-hybridized carbons (Fsp3) is 0.200. The van der Waals surface area contributed by atoms with Gasteiger partial charge in [0.05, 0.1) is 0 Å². The van der Waals surface area contributed by atoms with Crippen LogP contribution in [0.4, 0.5) is 17.3 Å². The van der Waals surface area contributed by atoms with E-state index in [1.165, 1.54) is 12.8 Å². The second kappa shape index (κ2) is 6.71.